The van der Waals surface area contributed by atoms with E-state index in [0.29, 0.717) is 19.1 Å². The number of nitrogens with zero attached hydrogens (tertiary/aromatic N) is 4. The molecule has 1 unspecified atom stereocenters. The first-order valence-electron chi connectivity index (χ1n) is 9.00. The summed E-state index contributed by atoms with van der Waals surface area (Å²) in [6.07, 6.45) is 4.98. The molecule has 0 saturated carbocycles. The summed E-state index contributed by atoms with van der Waals surface area (Å²) in [5.74, 6) is 0.152. The van der Waals surface area contributed by atoms with Crippen LogP contribution in [0, 0.1) is 6.92 Å². The van der Waals surface area contributed by atoms with Crippen molar-refractivity contribution in [3.05, 3.63) is 53.9 Å². The van der Waals surface area contributed by atoms with E-state index in [-0.39, 0.29) is 18.1 Å². The summed E-state index contributed by atoms with van der Waals surface area (Å²) in [5.41, 5.74) is 2.21. The number of rotatable bonds is 5. The first-order valence-corrected chi connectivity index (χ1v) is 9.00. The van der Waals surface area contributed by atoms with E-state index in [4.69, 9.17) is 4.74 Å². The van der Waals surface area contributed by atoms with Crippen molar-refractivity contribution in [3.63, 3.8) is 0 Å². The molecule has 1 amide bonds. The maximum Gasteiger partial charge on any atom is 0.316 e. The minimum atomic E-state index is -0.258. The number of aryl methyl sites for hydroxylation is 1. The first kappa shape index (κ1) is 18.3. The third-order valence-corrected chi connectivity index (χ3v) is 4.80. The predicted molar refractivity (Wildman–Crippen MR) is 99.9 cm³/mol. The summed E-state index contributed by atoms with van der Waals surface area (Å²) >= 11 is 0. The first-order chi connectivity index (χ1) is 12.6. The second-order valence-corrected chi connectivity index (χ2v) is 6.90. The highest BCUT2D eigenvalue weighted by molar-refractivity contribution is 5.83. The molecule has 1 aromatic heterocycles. The second-order valence-electron chi connectivity index (χ2n) is 6.90. The van der Waals surface area contributed by atoms with Crippen molar-refractivity contribution < 1.29 is 9.53 Å². The molecule has 3 rings (SSSR count). The van der Waals surface area contributed by atoms with Crippen LogP contribution in [0.25, 0.3) is 0 Å². The molecule has 1 aliphatic heterocycles. The largest absolute Gasteiger partial charge is 0.460 e. The van der Waals surface area contributed by atoms with Crippen LogP contribution in [0.4, 0.5) is 0 Å². The van der Waals surface area contributed by atoms with Gasteiger partial charge >= 0.3 is 6.01 Å². The number of carbonyl (C=O) groups excluding carboxylic acids is 1. The van der Waals surface area contributed by atoms with Crippen LogP contribution in [0.3, 0.4) is 0 Å². The molecule has 0 aliphatic carbocycles. The van der Waals surface area contributed by atoms with Gasteiger partial charge in [-0.1, -0.05) is 24.3 Å². The van der Waals surface area contributed by atoms with Gasteiger partial charge in [-0.15, -0.1) is 0 Å². The molecule has 138 valence electrons. The van der Waals surface area contributed by atoms with E-state index in [2.05, 4.69) is 23.0 Å². The van der Waals surface area contributed by atoms with Crippen LogP contribution in [0.2, 0.25) is 0 Å². The summed E-state index contributed by atoms with van der Waals surface area (Å²) in [5, 5.41) is 0. The van der Waals surface area contributed by atoms with Gasteiger partial charge in [0.1, 0.15) is 12.1 Å². The standard InChI is InChI=1S/C20H26N4O2/c1-15-7-4-5-8-17(15)18(23(2)3)19(25)24-13-9-16(10-14-24)26-20-21-11-6-12-22-20/h4-8,11-12,16,18H,9-10,13-14H2,1-3H3. The normalized spacial score (nSPS) is 16.5. The van der Waals surface area contributed by atoms with Gasteiger partial charge in [0.25, 0.3) is 0 Å². The van der Waals surface area contributed by atoms with E-state index in [1.165, 1.54) is 0 Å². The van der Waals surface area contributed by atoms with E-state index in [0.717, 1.165) is 24.0 Å². The predicted octanol–water partition coefficient (Wildman–Crippen LogP) is 2.46. The van der Waals surface area contributed by atoms with E-state index in [1.54, 1.807) is 18.5 Å². The van der Waals surface area contributed by atoms with E-state index in [9.17, 15) is 4.79 Å². The number of carbonyl (C=O) groups is 1. The molecule has 0 radical (unpaired) electrons. The molecular weight excluding hydrogens is 328 g/mol. The van der Waals surface area contributed by atoms with Crippen molar-refractivity contribution in [1.82, 2.24) is 19.8 Å². The minimum Gasteiger partial charge on any atom is -0.460 e. The number of likely N-dealkylation sites (tertiary alicyclic amines) is 1. The van der Waals surface area contributed by atoms with E-state index in [1.807, 2.05) is 42.1 Å². The fourth-order valence-electron chi connectivity index (χ4n) is 3.39. The number of hydrogen-bond acceptors (Lipinski definition) is 5. The van der Waals surface area contributed by atoms with Crippen LogP contribution >= 0.6 is 0 Å². The van der Waals surface area contributed by atoms with Crippen molar-refractivity contribution in [2.75, 3.05) is 27.2 Å². The van der Waals surface area contributed by atoms with Crippen LogP contribution in [-0.2, 0) is 4.79 Å². The third-order valence-electron chi connectivity index (χ3n) is 4.80. The Bertz CT molecular complexity index is 728. The Kier molecular flexibility index (Phi) is 5.83. The maximum absolute atomic E-state index is 13.2. The molecule has 2 heterocycles. The van der Waals surface area contributed by atoms with Gasteiger partial charge in [-0.2, -0.15) is 0 Å². The zero-order chi connectivity index (χ0) is 18.5. The number of benzene rings is 1. The summed E-state index contributed by atoms with van der Waals surface area (Å²) in [7, 11) is 3.91. The fourth-order valence-corrected chi connectivity index (χ4v) is 3.39. The van der Waals surface area contributed by atoms with Crippen LogP contribution < -0.4 is 4.74 Å². The SMILES string of the molecule is Cc1ccccc1C(C(=O)N1CCC(Oc2ncccn2)CC1)N(C)C. The Morgan fingerprint density at radius 3 is 2.42 bits per heavy atom. The molecule has 0 spiro atoms. The smallest absolute Gasteiger partial charge is 0.316 e. The highest BCUT2D eigenvalue weighted by Gasteiger charge is 2.32. The van der Waals surface area contributed by atoms with Crippen LogP contribution in [-0.4, -0.2) is 59.0 Å². The number of ether oxygens (including phenoxy) is 1. The highest BCUT2D eigenvalue weighted by atomic mass is 16.5. The van der Waals surface area contributed by atoms with Gasteiger partial charge in [-0.25, -0.2) is 9.97 Å². The number of piperidine rings is 1. The van der Waals surface area contributed by atoms with Gasteiger partial charge in [0, 0.05) is 38.3 Å². The second kappa shape index (κ2) is 8.27. The molecule has 26 heavy (non-hydrogen) atoms. The van der Waals surface area contributed by atoms with Gasteiger partial charge in [0.2, 0.25) is 5.91 Å². The zero-order valence-electron chi connectivity index (χ0n) is 15.6. The van der Waals surface area contributed by atoms with E-state index < -0.39 is 0 Å². The quantitative estimate of drug-likeness (QED) is 0.825. The summed E-state index contributed by atoms with van der Waals surface area (Å²) in [6, 6.07) is 10.0. The van der Waals surface area contributed by atoms with Crippen LogP contribution in [0.15, 0.2) is 42.7 Å². The van der Waals surface area contributed by atoms with Gasteiger partial charge in [0.15, 0.2) is 0 Å². The number of likely N-dealkylation sites (N-methyl/N-ethyl adjacent to an activating group) is 1. The lowest BCUT2D eigenvalue weighted by atomic mass is 9.98. The van der Waals surface area contributed by atoms with Gasteiger partial charge in [0.05, 0.1) is 0 Å². The topological polar surface area (TPSA) is 58.6 Å². The molecule has 2 aromatic rings. The average molecular weight is 354 g/mol. The molecule has 6 nitrogen and oxygen atoms in total. The Hall–Kier alpha value is -2.47. The molecule has 0 bridgehead atoms. The third kappa shape index (κ3) is 4.19. The van der Waals surface area contributed by atoms with Crippen LogP contribution in [0.5, 0.6) is 6.01 Å². The fraction of sp³-hybridized carbons (Fsp3) is 0.450. The number of aromatic nitrogens is 2. The summed E-state index contributed by atoms with van der Waals surface area (Å²) in [6.45, 7) is 3.43. The number of amides is 1. The maximum atomic E-state index is 13.2. The Morgan fingerprint density at radius 1 is 1.15 bits per heavy atom. The Labute approximate surface area is 154 Å². The van der Waals surface area contributed by atoms with Crippen molar-refractivity contribution >= 4 is 5.91 Å². The molecular formula is C20H26N4O2. The molecule has 1 fully saturated rings. The molecule has 1 atom stereocenters. The Morgan fingerprint density at radius 2 is 1.81 bits per heavy atom. The summed E-state index contributed by atoms with van der Waals surface area (Å²) < 4.78 is 5.82. The zero-order valence-corrected chi connectivity index (χ0v) is 15.6. The van der Waals surface area contributed by atoms with Crippen LogP contribution in [0.1, 0.15) is 30.0 Å². The Balaban J connectivity index is 1.64. The van der Waals surface area contributed by atoms with Gasteiger partial charge in [-0.3, -0.25) is 9.69 Å². The van der Waals surface area contributed by atoms with Gasteiger partial charge in [-0.05, 0) is 38.2 Å². The van der Waals surface area contributed by atoms with Crippen molar-refractivity contribution in [2.45, 2.75) is 31.9 Å². The summed E-state index contributed by atoms with van der Waals surface area (Å²) in [4.78, 5) is 25.3. The van der Waals surface area contributed by atoms with Crippen molar-refractivity contribution in [1.29, 1.82) is 0 Å². The van der Waals surface area contributed by atoms with Gasteiger partial charge < -0.3 is 9.64 Å². The lowest BCUT2D eigenvalue weighted by Gasteiger charge is -2.36. The van der Waals surface area contributed by atoms with E-state index >= 15 is 0 Å². The molecule has 0 N–H and O–H groups in total. The number of hydrogen-bond donors (Lipinski definition) is 0. The van der Waals surface area contributed by atoms with Crippen molar-refractivity contribution in [2.24, 2.45) is 0 Å². The molecule has 6 heteroatoms. The minimum absolute atomic E-state index is 0.0534. The molecule has 1 aliphatic rings. The molecule has 1 aromatic carbocycles. The lowest BCUT2D eigenvalue weighted by molar-refractivity contribution is -0.138. The van der Waals surface area contributed by atoms with Crippen molar-refractivity contribution in [3.8, 4) is 6.01 Å². The lowest BCUT2D eigenvalue weighted by Crippen LogP contribution is -2.46. The average Bonchev–Trinajstić information content (AvgIpc) is 2.64. The monoisotopic (exact) mass is 354 g/mol. The highest BCUT2D eigenvalue weighted by Crippen LogP contribution is 2.26. The molecule has 1 saturated heterocycles.